The number of aromatic nitrogens is 2. The van der Waals surface area contributed by atoms with Crippen molar-refractivity contribution in [3.63, 3.8) is 0 Å². The van der Waals surface area contributed by atoms with Crippen molar-refractivity contribution >= 4 is 13.7 Å². The summed E-state index contributed by atoms with van der Waals surface area (Å²) >= 11 is 0. The zero-order valence-electron chi connectivity index (χ0n) is 27.1. The third kappa shape index (κ3) is 13.0. The molecule has 47 heavy (non-hydrogen) atoms. The number of rotatable bonds is 19. The molecule has 0 aromatic carbocycles. The van der Waals surface area contributed by atoms with Gasteiger partial charge < -0.3 is 10.1 Å². The molecule has 0 radical (unpaired) electrons. The van der Waals surface area contributed by atoms with Gasteiger partial charge >= 0.3 is 13.5 Å². The monoisotopic (exact) mass is 675 g/mol. The van der Waals surface area contributed by atoms with E-state index in [1.807, 2.05) is 17.1 Å². The molecular formula is C34H47FN3O8P. The first-order chi connectivity index (χ1) is 22.7. The van der Waals surface area contributed by atoms with E-state index in [-0.39, 0.29) is 32.1 Å². The third-order valence-corrected chi connectivity index (χ3v) is 8.68. The predicted molar refractivity (Wildman–Crippen MR) is 180 cm³/mol. The van der Waals surface area contributed by atoms with Crippen molar-refractivity contribution in [2.24, 2.45) is 0 Å². The van der Waals surface area contributed by atoms with Crippen LogP contribution < -0.4 is 16.6 Å². The molecule has 1 unspecified atom stereocenters. The van der Waals surface area contributed by atoms with Crippen molar-refractivity contribution < 1.29 is 32.1 Å². The van der Waals surface area contributed by atoms with Crippen LogP contribution in [0.4, 0.5) is 4.39 Å². The Balaban J connectivity index is 1.24. The molecule has 13 heteroatoms. The second kappa shape index (κ2) is 20.1. The van der Waals surface area contributed by atoms with Gasteiger partial charge in [-0.25, -0.2) is 13.8 Å². The zero-order valence-corrected chi connectivity index (χ0v) is 28.0. The van der Waals surface area contributed by atoms with Crippen molar-refractivity contribution in [2.45, 2.75) is 89.3 Å². The summed E-state index contributed by atoms with van der Waals surface area (Å²) in [4.78, 5) is 37.7. The zero-order chi connectivity index (χ0) is 34.0. The van der Waals surface area contributed by atoms with Crippen LogP contribution in [0.2, 0.25) is 0 Å². The molecule has 1 aromatic rings. The van der Waals surface area contributed by atoms with Gasteiger partial charge in [-0.05, 0) is 51.9 Å². The Morgan fingerprint density at radius 1 is 1.02 bits per heavy atom. The fourth-order valence-corrected chi connectivity index (χ4v) is 6.27. The highest BCUT2D eigenvalue weighted by molar-refractivity contribution is 7.48. The Morgan fingerprint density at radius 3 is 2.17 bits per heavy atom. The Hall–Kier alpha value is -3.41. The van der Waals surface area contributed by atoms with E-state index in [1.54, 1.807) is 0 Å². The number of alkyl halides is 1. The largest absolute Gasteiger partial charge is 0.475 e. The SMILES string of the molecule is CC/C=C\C/C=C\C/C=C\C/C=C\C/C=C\C/C=C\CCC(=O)NCCOP1(=O)OC[C@H]2O[C@@H](n3ccc(=O)[nH]c3=O)[C@](C)(F)[C@@H]2O1. The molecule has 0 bridgehead atoms. The molecule has 0 spiro atoms. The Bertz CT molecular complexity index is 1480. The molecule has 11 nitrogen and oxygen atoms in total. The summed E-state index contributed by atoms with van der Waals surface area (Å²) in [5, 5.41) is 2.67. The van der Waals surface area contributed by atoms with E-state index in [0.717, 1.165) is 62.3 Å². The molecular weight excluding hydrogens is 628 g/mol. The van der Waals surface area contributed by atoms with E-state index in [4.69, 9.17) is 18.3 Å². The second-order valence-corrected chi connectivity index (χ2v) is 12.7. The van der Waals surface area contributed by atoms with Gasteiger partial charge in [0.25, 0.3) is 5.56 Å². The number of nitrogens with one attached hydrogen (secondary N) is 2. The summed E-state index contributed by atoms with van der Waals surface area (Å²) < 4.78 is 51.2. The number of ether oxygens (including phenoxy) is 1. The predicted octanol–water partition coefficient (Wildman–Crippen LogP) is 6.30. The van der Waals surface area contributed by atoms with Gasteiger partial charge in [-0.15, -0.1) is 0 Å². The quantitative estimate of drug-likeness (QED) is 0.0991. The molecule has 3 rings (SSSR count). The summed E-state index contributed by atoms with van der Waals surface area (Å²) in [6.45, 7) is 2.84. The summed E-state index contributed by atoms with van der Waals surface area (Å²) in [5.74, 6) is -0.202. The van der Waals surface area contributed by atoms with Crippen LogP contribution in [0.1, 0.15) is 71.4 Å². The van der Waals surface area contributed by atoms with E-state index in [0.29, 0.717) is 6.42 Å². The van der Waals surface area contributed by atoms with Gasteiger partial charge in [0, 0.05) is 25.2 Å². The molecule has 2 saturated heterocycles. The molecule has 0 saturated carbocycles. The van der Waals surface area contributed by atoms with Gasteiger partial charge in [0.2, 0.25) is 5.91 Å². The highest BCUT2D eigenvalue weighted by Crippen LogP contribution is 2.59. The Morgan fingerprint density at radius 2 is 1.60 bits per heavy atom. The van der Waals surface area contributed by atoms with Crippen molar-refractivity contribution in [1.29, 1.82) is 0 Å². The molecule has 5 atom stereocenters. The number of carbonyl (C=O) groups is 1. The van der Waals surface area contributed by atoms with Crippen LogP contribution in [0.15, 0.2) is 94.8 Å². The number of aromatic amines is 1. The highest BCUT2D eigenvalue weighted by Gasteiger charge is 2.61. The molecule has 2 aliphatic heterocycles. The van der Waals surface area contributed by atoms with E-state index in [9.17, 15) is 18.9 Å². The molecule has 2 aliphatic rings. The van der Waals surface area contributed by atoms with E-state index in [1.165, 1.54) is 0 Å². The number of amides is 1. The molecule has 0 aliphatic carbocycles. The lowest BCUT2D eigenvalue weighted by Gasteiger charge is -2.33. The third-order valence-electron chi connectivity index (χ3n) is 7.23. The first-order valence-electron chi connectivity index (χ1n) is 16.1. The second-order valence-electron chi connectivity index (χ2n) is 11.1. The van der Waals surface area contributed by atoms with Crippen LogP contribution in [-0.2, 0) is 27.7 Å². The van der Waals surface area contributed by atoms with Crippen LogP contribution in [-0.4, -0.2) is 53.1 Å². The van der Waals surface area contributed by atoms with Crippen LogP contribution in [0.25, 0.3) is 0 Å². The number of phosphoric acid groups is 1. The number of phosphoric ester groups is 1. The first-order valence-corrected chi connectivity index (χ1v) is 17.5. The standard InChI is InChI=1S/C34H47FN3O8P/c1-3-4-5-6-7-8-9-10-11-12-13-14-15-16-17-18-19-20-21-22-29(39)36-24-26-43-47(42)44-27-28-31(46-47)34(2,35)32(45-28)38-25-23-30(40)37-33(38)41/h4-5,7-8,10-11,13-14,16-17,19-20,23,25,28,31-32H,3,6,9,12,15,18,21-22,24,26-27H2,1-2H3,(H,36,39)(H,37,40,41)/b5-4-,8-7-,11-10-,14-13-,17-16-,20-19-/t28-,31-,32-,34-,47?/m1/s1. The average Bonchev–Trinajstić information content (AvgIpc) is 3.29. The number of allylic oxidation sites excluding steroid dienone is 12. The molecule has 1 aromatic heterocycles. The Labute approximate surface area is 275 Å². The number of hydrogen-bond acceptors (Lipinski definition) is 8. The van der Waals surface area contributed by atoms with Gasteiger partial charge in [0.15, 0.2) is 11.9 Å². The number of hydrogen-bond donors (Lipinski definition) is 2. The van der Waals surface area contributed by atoms with Crippen molar-refractivity contribution in [2.75, 3.05) is 19.8 Å². The van der Waals surface area contributed by atoms with Crippen molar-refractivity contribution in [1.82, 2.24) is 14.9 Å². The lowest BCUT2D eigenvalue weighted by Crippen LogP contribution is -2.46. The maximum atomic E-state index is 15.8. The first kappa shape index (κ1) is 38.0. The fraction of sp³-hybridized carbons (Fsp3) is 0.500. The maximum Gasteiger partial charge on any atom is 0.475 e. The summed E-state index contributed by atoms with van der Waals surface area (Å²) in [7, 11) is -4.16. The summed E-state index contributed by atoms with van der Waals surface area (Å²) in [6.07, 6.45) is 29.3. The van der Waals surface area contributed by atoms with E-state index < -0.39 is 43.2 Å². The van der Waals surface area contributed by atoms with Gasteiger partial charge in [0.05, 0.1) is 13.2 Å². The number of H-pyrrole nitrogens is 1. The lowest BCUT2D eigenvalue weighted by atomic mass is 9.98. The van der Waals surface area contributed by atoms with Gasteiger partial charge in [0.1, 0.15) is 12.2 Å². The molecule has 258 valence electrons. The number of carbonyl (C=O) groups excluding carboxylic acids is 1. The van der Waals surface area contributed by atoms with E-state index >= 15 is 4.39 Å². The minimum Gasteiger partial charge on any atom is -0.354 e. The fourth-order valence-electron chi connectivity index (χ4n) is 4.81. The van der Waals surface area contributed by atoms with Crippen molar-refractivity contribution in [3.05, 3.63) is 106 Å². The van der Waals surface area contributed by atoms with Gasteiger partial charge in [-0.2, -0.15) is 0 Å². The summed E-state index contributed by atoms with van der Waals surface area (Å²) in [6, 6.07) is 1.06. The van der Waals surface area contributed by atoms with Crippen molar-refractivity contribution in [3.8, 4) is 0 Å². The van der Waals surface area contributed by atoms with Gasteiger partial charge in [-0.3, -0.25) is 32.7 Å². The van der Waals surface area contributed by atoms with Crippen LogP contribution in [0.5, 0.6) is 0 Å². The lowest BCUT2D eigenvalue weighted by molar-refractivity contribution is -0.121. The minimum atomic E-state index is -4.16. The average molecular weight is 676 g/mol. The molecule has 2 fully saturated rings. The number of fused-ring (bicyclic) bond motifs is 1. The number of halogens is 1. The van der Waals surface area contributed by atoms with Crippen LogP contribution >= 0.6 is 7.82 Å². The van der Waals surface area contributed by atoms with Crippen LogP contribution in [0, 0.1) is 0 Å². The van der Waals surface area contributed by atoms with E-state index in [2.05, 4.69) is 73.0 Å². The smallest absolute Gasteiger partial charge is 0.354 e. The minimum absolute atomic E-state index is 0.0478. The molecule has 3 heterocycles. The summed E-state index contributed by atoms with van der Waals surface area (Å²) in [5.41, 5.74) is -3.80. The van der Waals surface area contributed by atoms with Gasteiger partial charge in [-0.1, -0.05) is 79.8 Å². The molecule has 2 N–H and O–H groups in total. The normalized spacial score (nSPS) is 26.6. The number of nitrogens with zero attached hydrogens (tertiary/aromatic N) is 1. The highest BCUT2D eigenvalue weighted by atomic mass is 31.2. The topological polar surface area (TPSA) is 138 Å². The Kier molecular flexibility index (Phi) is 16.2. The molecule has 1 amide bonds. The maximum absolute atomic E-state index is 15.8. The van der Waals surface area contributed by atoms with Crippen LogP contribution in [0.3, 0.4) is 0 Å².